The molecule has 0 unspecified atom stereocenters. The van der Waals surface area contributed by atoms with Crippen LogP contribution in [0.15, 0.2) is 42.5 Å². The van der Waals surface area contributed by atoms with Gasteiger partial charge >= 0.3 is 6.09 Å². The molecule has 2 aromatic rings. The molecule has 0 saturated carbocycles. The second kappa shape index (κ2) is 8.57. The number of halogens is 1. The first-order chi connectivity index (χ1) is 16.0. The van der Waals surface area contributed by atoms with Gasteiger partial charge in [-0.25, -0.2) is 9.18 Å². The number of methoxy groups -OCH3 is 1. The molecule has 5 rings (SSSR count). The minimum Gasteiger partial charge on any atom is -0.496 e. The van der Waals surface area contributed by atoms with Gasteiger partial charge < -0.3 is 19.3 Å². The largest absolute Gasteiger partial charge is 0.496 e. The number of carbonyl (C=O) groups is 2. The molecule has 2 aromatic carbocycles. The van der Waals surface area contributed by atoms with Crippen molar-refractivity contribution in [3.8, 4) is 5.75 Å². The summed E-state index contributed by atoms with van der Waals surface area (Å²) in [6.45, 7) is 3.02. The summed E-state index contributed by atoms with van der Waals surface area (Å²) in [6.07, 6.45) is 3.55. The van der Waals surface area contributed by atoms with Gasteiger partial charge in [0.1, 0.15) is 11.6 Å². The van der Waals surface area contributed by atoms with Gasteiger partial charge in [-0.2, -0.15) is 0 Å². The van der Waals surface area contributed by atoms with Gasteiger partial charge in [-0.15, -0.1) is 0 Å². The molecule has 0 aliphatic carbocycles. The summed E-state index contributed by atoms with van der Waals surface area (Å²) in [4.78, 5) is 31.5. The molecule has 3 aliphatic rings. The lowest BCUT2D eigenvalue weighted by Gasteiger charge is -2.29. The molecule has 1 atom stereocenters. The average molecular weight is 454 g/mol. The molecule has 2 amide bonds. The summed E-state index contributed by atoms with van der Waals surface area (Å²) in [5.41, 5.74) is 1.20. The van der Waals surface area contributed by atoms with E-state index in [4.69, 9.17) is 9.47 Å². The van der Waals surface area contributed by atoms with Crippen LogP contribution in [0.4, 0.5) is 20.6 Å². The van der Waals surface area contributed by atoms with Crippen molar-refractivity contribution >= 4 is 23.4 Å². The minimum atomic E-state index is -0.795. The average Bonchev–Trinajstić information content (AvgIpc) is 3.41. The Labute approximate surface area is 192 Å². The molecule has 0 radical (unpaired) electrons. The van der Waals surface area contributed by atoms with E-state index in [0.717, 1.165) is 31.6 Å². The lowest BCUT2D eigenvalue weighted by Crippen LogP contribution is -2.39. The van der Waals surface area contributed by atoms with Crippen LogP contribution in [-0.4, -0.2) is 62.3 Å². The van der Waals surface area contributed by atoms with Crippen LogP contribution < -0.4 is 14.5 Å². The summed E-state index contributed by atoms with van der Waals surface area (Å²) in [5.74, 6) is -0.0143. The highest BCUT2D eigenvalue weighted by atomic mass is 19.1. The Balaban J connectivity index is 1.34. The number of hydrogen-bond donors (Lipinski definition) is 0. The SMILES string of the molecule is COc1ccc(N2CCCCC2)cc1C(=O)N1CC[C@@]2(C1)CN(c1cccc(F)c1)C(=O)O2. The zero-order chi connectivity index (χ0) is 23.0. The van der Waals surface area contributed by atoms with Crippen LogP contribution in [0.3, 0.4) is 0 Å². The van der Waals surface area contributed by atoms with Crippen molar-refractivity contribution in [2.24, 2.45) is 0 Å². The first kappa shape index (κ1) is 21.6. The van der Waals surface area contributed by atoms with Crippen LogP contribution in [0, 0.1) is 5.82 Å². The first-order valence-electron chi connectivity index (χ1n) is 11.5. The fourth-order valence-electron chi connectivity index (χ4n) is 5.08. The zero-order valence-corrected chi connectivity index (χ0v) is 18.8. The molecule has 1 spiro atoms. The third-order valence-corrected chi connectivity index (χ3v) is 6.83. The van der Waals surface area contributed by atoms with Crippen molar-refractivity contribution in [1.29, 1.82) is 0 Å². The number of likely N-dealkylation sites (tertiary alicyclic amines) is 1. The zero-order valence-electron chi connectivity index (χ0n) is 18.8. The molecule has 3 aliphatic heterocycles. The van der Waals surface area contributed by atoms with E-state index in [2.05, 4.69) is 4.90 Å². The van der Waals surface area contributed by atoms with E-state index >= 15 is 0 Å². The Morgan fingerprint density at radius 2 is 1.85 bits per heavy atom. The maximum Gasteiger partial charge on any atom is 0.415 e. The highest BCUT2D eigenvalue weighted by Gasteiger charge is 2.51. The third kappa shape index (κ3) is 4.10. The van der Waals surface area contributed by atoms with E-state index in [1.165, 1.54) is 23.5 Å². The lowest BCUT2D eigenvalue weighted by atomic mass is 10.0. The van der Waals surface area contributed by atoms with Gasteiger partial charge in [-0.3, -0.25) is 9.69 Å². The van der Waals surface area contributed by atoms with Crippen LogP contribution in [0.2, 0.25) is 0 Å². The van der Waals surface area contributed by atoms with Crippen LogP contribution in [-0.2, 0) is 4.74 Å². The molecule has 8 heteroatoms. The van der Waals surface area contributed by atoms with Crippen LogP contribution in [0.25, 0.3) is 0 Å². The molecule has 3 heterocycles. The Hall–Kier alpha value is -3.29. The molecule has 0 bridgehead atoms. The topological polar surface area (TPSA) is 62.3 Å². The van der Waals surface area contributed by atoms with E-state index in [-0.39, 0.29) is 12.5 Å². The third-order valence-electron chi connectivity index (χ3n) is 6.83. The maximum atomic E-state index is 13.7. The summed E-state index contributed by atoms with van der Waals surface area (Å²) in [6, 6.07) is 11.7. The Morgan fingerprint density at radius 1 is 1.03 bits per heavy atom. The molecular formula is C25H28FN3O4. The summed E-state index contributed by atoms with van der Waals surface area (Å²) < 4.78 is 24.9. The van der Waals surface area contributed by atoms with Gasteiger partial charge in [0.25, 0.3) is 5.91 Å². The number of piperidine rings is 1. The molecule has 3 fully saturated rings. The second-order valence-electron chi connectivity index (χ2n) is 9.03. The maximum absolute atomic E-state index is 13.7. The molecule has 0 aromatic heterocycles. The van der Waals surface area contributed by atoms with Crippen molar-refractivity contribution in [2.75, 3.05) is 49.6 Å². The molecule has 33 heavy (non-hydrogen) atoms. The summed E-state index contributed by atoms with van der Waals surface area (Å²) in [5, 5.41) is 0. The van der Waals surface area contributed by atoms with Crippen LogP contribution in [0.5, 0.6) is 5.75 Å². The molecular weight excluding hydrogens is 425 g/mol. The van der Waals surface area contributed by atoms with Crippen molar-refractivity contribution in [1.82, 2.24) is 4.90 Å². The number of rotatable bonds is 4. The van der Waals surface area contributed by atoms with Gasteiger partial charge in [-0.1, -0.05) is 6.07 Å². The number of amides is 2. The number of benzene rings is 2. The number of nitrogens with zero attached hydrogens (tertiary/aromatic N) is 3. The smallest absolute Gasteiger partial charge is 0.415 e. The Morgan fingerprint density at radius 3 is 2.61 bits per heavy atom. The van der Waals surface area contributed by atoms with E-state index in [1.54, 1.807) is 24.1 Å². The van der Waals surface area contributed by atoms with Gasteiger partial charge in [0, 0.05) is 31.7 Å². The van der Waals surface area contributed by atoms with E-state index in [9.17, 15) is 14.0 Å². The lowest BCUT2D eigenvalue weighted by molar-refractivity contribution is 0.0552. The highest BCUT2D eigenvalue weighted by Crippen LogP contribution is 2.37. The molecule has 0 N–H and O–H groups in total. The molecule has 3 saturated heterocycles. The van der Waals surface area contributed by atoms with Crippen LogP contribution >= 0.6 is 0 Å². The quantitative estimate of drug-likeness (QED) is 0.699. The minimum absolute atomic E-state index is 0.136. The predicted octanol–water partition coefficient (Wildman–Crippen LogP) is 4.07. The monoisotopic (exact) mass is 453 g/mol. The normalized spacial score (nSPS) is 22.7. The fraction of sp³-hybridized carbons (Fsp3) is 0.440. The van der Waals surface area contributed by atoms with Gasteiger partial charge in [0.15, 0.2) is 5.60 Å². The van der Waals surface area contributed by atoms with E-state index in [1.807, 2.05) is 18.2 Å². The number of anilines is 2. The summed E-state index contributed by atoms with van der Waals surface area (Å²) in [7, 11) is 1.56. The van der Waals surface area contributed by atoms with Crippen molar-refractivity contribution < 1.29 is 23.5 Å². The number of carbonyl (C=O) groups excluding carboxylic acids is 2. The second-order valence-corrected chi connectivity index (χ2v) is 9.03. The highest BCUT2D eigenvalue weighted by molar-refractivity contribution is 5.98. The predicted molar refractivity (Wildman–Crippen MR) is 123 cm³/mol. The fourth-order valence-corrected chi connectivity index (χ4v) is 5.08. The number of hydrogen-bond acceptors (Lipinski definition) is 5. The van der Waals surface area contributed by atoms with E-state index in [0.29, 0.717) is 36.5 Å². The summed E-state index contributed by atoms with van der Waals surface area (Å²) >= 11 is 0. The Kier molecular flexibility index (Phi) is 5.60. The molecule has 7 nitrogen and oxygen atoms in total. The molecule has 174 valence electrons. The van der Waals surface area contributed by atoms with Crippen molar-refractivity contribution in [3.05, 3.63) is 53.8 Å². The van der Waals surface area contributed by atoms with Crippen molar-refractivity contribution in [3.63, 3.8) is 0 Å². The van der Waals surface area contributed by atoms with Gasteiger partial charge in [0.2, 0.25) is 0 Å². The van der Waals surface area contributed by atoms with Gasteiger partial charge in [0.05, 0.1) is 31.5 Å². The Bertz CT molecular complexity index is 1070. The first-order valence-corrected chi connectivity index (χ1v) is 11.5. The van der Waals surface area contributed by atoms with E-state index < -0.39 is 17.5 Å². The number of ether oxygens (including phenoxy) is 2. The standard InChI is InChI=1S/C25H28FN3O4/c1-32-22-9-8-19(27-11-3-2-4-12-27)15-21(22)23(30)28-13-10-25(16-28)17-29(24(31)33-25)20-7-5-6-18(26)14-20/h5-9,14-15H,2-4,10-13,16-17H2,1H3/t25-/m1/s1. The van der Waals surface area contributed by atoms with Gasteiger partial charge in [-0.05, 0) is 55.7 Å². The van der Waals surface area contributed by atoms with Crippen molar-refractivity contribution in [2.45, 2.75) is 31.3 Å². The van der Waals surface area contributed by atoms with Crippen LogP contribution in [0.1, 0.15) is 36.0 Å².